The molecule has 0 saturated heterocycles. The number of hydrogen-bond donors (Lipinski definition) is 0. The molecular formula is C15H15BrO3S. The van der Waals surface area contributed by atoms with Crippen molar-refractivity contribution >= 4 is 26.0 Å². The molecule has 0 aliphatic carbocycles. The van der Waals surface area contributed by atoms with Crippen LogP contribution in [-0.2, 0) is 10.1 Å². The Bertz CT molecular complexity index is 752. The van der Waals surface area contributed by atoms with Crippen LogP contribution in [-0.4, -0.2) is 8.42 Å². The molecule has 0 aliphatic heterocycles. The molecule has 5 heteroatoms. The third-order valence-corrected chi connectivity index (χ3v) is 5.32. The minimum absolute atomic E-state index is 0.129. The van der Waals surface area contributed by atoms with Crippen molar-refractivity contribution in [3.63, 3.8) is 0 Å². The Kier molecular flexibility index (Phi) is 4.20. The van der Waals surface area contributed by atoms with E-state index in [1.165, 1.54) is 0 Å². The summed E-state index contributed by atoms with van der Waals surface area (Å²) in [4.78, 5) is 0.129. The quantitative estimate of drug-likeness (QED) is 0.777. The molecule has 0 heterocycles. The van der Waals surface area contributed by atoms with E-state index >= 15 is 0 Å². The molecular weight excluding hydrogens is 340 g/mol. The summed E-state index contributed by atoms with van der Waals surface area (Å²) in [6.07, 6.45) is 0. The molecule has 2 aromatic rings. The van der Waals surface area contributed by atoms with Crippen LogP contribution in [0.15, 0.2) is 45.8 Å². The second kappa shape index (κ2) is 5.58. The van der Waals surface area contributed by atoms with Crippen molar-refractivity contribution in [1.29, 1.82) is 0 Å². The summed E-state index contributed by atoms with van der Waals surface area (Å²) in [5.74, 6) is 0.359. The maximum absolute atomic E-state index is 12.3. The van der Waals surface area contributed by atoms with Gasteiger partial charge in [-0.15, -0.1) is 0 Å². The average molecular weight is 355 g/mol. The van der Waals surface area contributed by atoms with E-state index in [4.69, 9.17) is 4.18 Å². The van der Waals surface area contributed by atoms with Gasteiger partial charge in [-0.3, -0.25) is 0 Å². The Morgan fingerprint density at radius 2 is 1.75 bits per heavy atom. The van der Waals surface area contributed by atoms with E-state index in [1.54, 1.807) is 30.3 Å². The van der Waals surface area contributed by atoms with Crippen molar-refractivity contribution in [3.8, 4) is 5.75 Å². The van der Waals surface area contributed by atoms with E-state index in [2.05, 4.69) is 15.9 Å². The second-order valence-electron chi connectivity index (χ2n) is 4.67. The van der Waals surface area contributed by atoms with Crippen molar-refractivity contribution in [2.24, 2.45) is 0 Å². The highest BCUT2D eigenvalue weighted by atomic mass is 79.9. The summed E-state index contributed by atoms with van der Waals surface area (Å²) >= 11 is 3.27. The van der Waals surface area contributed by atoms with Gasteiger partial charge in [0.1, 0.15) is 10.6 Å². The monoisotopic (exact) mass is 354 g/mol. The highest BCUT2D eigenvalue weighted by Gasteiger charge is 2.21. The van der Waals surface area contributed by atoms with Gasteiger partial charge in [0.15, 0.2) is 0 Å². The van der Waals surface area contributed by atoms with E-state index in [9.17, 15) is 8.42 Å². The number of aryl methyl sites for hydroxylation is 2. The van der Waals surface area contributed by atoms with E-state index < -0.39 is 10.1 Å². The van der Waals surface area contributed by atoms with Gasteiger partial charge in [-0.1, -0.05) is 18.2 Å². The molecule has 2 aromatic carbocycles. The Labute approximate surface area is 127 Å². The fraction of sp³-hybridized carbons (Fsp3) is 0.200. The summed E-state index contributed by atoms with van der Waals surface area (Å²) in [6, 6.07) is 10.4. The van der Waals surface area contributed by atoms with E-state index in [0.717, 1.165) is 16.7 Å². The molecule has 0 aliphatic rings. The van der Waals surface area contributed by atoms with Crippen LogP contribution in [0, 0.1) is 20.8 Å². The summed E-state index contributed by atoms with van der Waals surface area (Å²) < 4.78 is 30.5. The van der Waals surface area contributed by atoms with Crippen LogP contribution < -0.4 is 4.18 Å². The molecule has 0 atom stereocenters. The van der Waals surface area contributed by atoms with E-state index in [-0.39, 0.29) is 4.90 Å². The predicted molar refractivity (Wildman–Crippen MR) is 82.6 cm³/mol. The zero-order chi connectivity index (χ0) is 14.9. The topological polar surface area (TPSA) is 43.4 Å². The molecule has 0 fully saturated rings. The van der Waals surface area contributed by atoms with Crippen LogP contribution in [0.5, 0.6) is 5.75 Å². The van der Waals surface area contributed by atoms with Crippen molar-refractivity contribution in [2.75, 3.05) is 0 Å². The van der Waals surface area contributed by atoms with Crippen LogP contribution in [0.1, 0.15) is 16.7 Å². The average Bonchev–Trinajstić information content (AvgIpc) is 2.34. The first-order chi connectivity index (χ1) is 9.31. The fourth-order valence-corrected chi connectivity index (χ4v) is 3.91. The largest absolute Gasteiger partial charge is 0.379 e. The molecule has 0 N–H and O–H groups in total. The molecule has 0 unspecified atom stereocenters. The van der Waals surface area contributed by atoms with Crippen molar-refractivity contribution in [2.45, 2.75) is 25.7 Å². The predicted octanol–water partition coefficient (Wildman–Crippen LogP) is 4.14. The number of benzene rings is 2. The molecule has 0 saturated carbocycles. The summed E-state index contributed by atoms with van der Waals surface area (Å²) in [7, 11) is -3.85. The van der Waals surface area contributed by atoms with Crippen LogP contribution in [0.3, 0.4) is 0 Å². The number of halogens is 1. The fourth-order valence-electron chi connectivity index (χ4n) is 1.79. The molecule has 20 heavy (non-hydrogen) atoms. The van der Waals surface area contributed by atoms with Gasteiger partial charge in [-0.25, -0.2) is 0 Å². The van der Waals surface area contributed by atoms with Crippen LogP contribution >= 0.6 is 15.9 Å². The SMILES string of the molecule is Cc1ccc(S(=O)(=O)Oc2cccc(C)c2C)c(Br)c1. The summed E-state index contributed by atoms with van der Waals surface area (Å²) in [5, 5.41) is 0. The van der Waals surface area contributed by atoms with Crippen LogP contribution in [0.25, 0.3) is 0 Å². The molecule has 2 rings (SSSR count). The van der Waals surface area contributed by atoms with Gasteiger partial charge in [-0.2, -0.15) is 8.42 Å². The highest BCUT2D eigenvalue weighted by Crippen LogP contribution is 2.28. The van der Waals surface area contributed by atoms with E-state index in [0.29, 0.717) is 10.2 Å². The zero-order valence-corrected chi connectivity index (χ0v) is 13.9. The lowest BCUT2D eigenvalue weighted by molar-refractivity contribution is 0.483. The Morgan fingerprint density at radius 1 is 1.05 bits per heavy atom. The minimum Gasteiger partial charge on any atom is -0.379 e. The molecule has 0 amide bonds. The maximum Gasteiger partial charge on any atom is 0.340 e. The molecule has 0 spiro atoms. The lowest BCUT2D eigenvalue weighted by Gasteiger charge is -2.12. The summed E-state index contributed by atoms with van der Waals surface area (Å²) in [6.45, 7) is 5.65. The standard InChI is InChI=1S/C15H15BrO3S/c1-10-7-8-15(13(16)9-10)20(17,18)19-14-6-4-5-11(2)12(14)3/h4-9H,1-3H3. The van der Waals surface area contributed by atoms with Crippen molar-refractivity contribution in [1.82, 2.24) is 0 Å². The van der Waals surface area contributed by atoms with Gasteiger partial charge >= 0.3 is 10.1 Å². The second-order valence-corrected chi connectivity index (χ2v) is 7.04. The van der Waals surface area contributed by atoms with Crippen LogP contribution in [0.4, 0.5) is 0 Å². The first-order valence-corrected chi connectivity index (χ1v) is 8.28. The van der Waals surface area contributed by atoms with E-state index in [1.807, 2.05) is 26.8 Å². The van der Waals surface area contributed by atoms with Crippen molar-refractivity contribution < 1.29 is 12.6 Å². The summed E-state index contributed by atoms with van der Waals surface area (Å²) in [5.41, 5.74) is 2.78. The van der Waals surface area contributed by atoms with Gasteiger partial charge in [0, 0.05) is 4.47 Å². The first kappa shape index (κ1) is 15.1. The Hall–Kier alpha value is -1.33. The number of rotatable bonds is 3. The van der Waals surface area contributed by atoms with Gasteiger partial charge < -0.3 is 4.18 Å². The normalized spacial score (nSPS) is 11.4. The highest BCUT2D eigenvalue weighted by molar-refractivity contribution is 9.10. The minimum atomic E-state index is -3.85. The molecule has 106 valence electrons. The van der Waals surface area contributed by atoms with Gasteiger partial charge in [0.25, 0.3) is 0 Å². The third-order valence-electron chi connectivity index (χ3n) is 3.11. The lowest BCUT2D eigenvalue weighted by Crippen LogP contribution is -2.11. The first-order valence-electron chi connectivity index (χ1n) is 6.08. The third kappa shape index (κ3) is 3.04. The number of hydrogen-bond acceptors (Lipinski definition) is 3. The zero-order valence-electron chi connectivity index (χ0n) is 11.5. The Balaban J connectivity index is 2.44. The molecule has 0 aromatic heterocycles. The molecule has 3 nitrogen and oxygen atoms in total. The van der Waals surface area contributed by atoms with Gasteiger partial charge in [-0.05, 0) is 71.6 Å². The molecule has 0 radical (unpaired) electrons. The maximum atomic E-state index is 12.3. The van der Waals surface area contributed by atoms with Gasteiger partial charge in [0.05, 0.1) is 0 Å². The molecule has 0 bridgehead atoms. The van der Waals surface area contributed by atoms with Crippen LogP contribution in [0.2, 0.25) is 0 Å². The Morgan fingerprint density at radius 3 is 2.40 bits per heavy atom. The lowest BCUT2D eigenvalue weighted by atomic mass is 10.1. The smallest absolute Gasteiger partial charge is 0.340 e. The van der Waals surface area contributed by atoms with Crippen molar-refractivity contribution in [3.05, 3.63) is 57.6 Å². The van der Waals surface area contributed by atoms with Gasteiger partial charge in [0.2, 0.25) is 0 Å².